The number of benzene rings is 1. The van der Waals surface area contributed by atoms with Crippen LogP contribution in [0, 0.1) is 13.8 Å². The number of H-pyrrole nitrogens is 1. The van der Waals surface area contributed by atoms with Crippen LogP contribution in [0.3, 0.4) is 0 Å². The van der Waals surface area contributed by atoms with Crippen LogP contribution in [-0.4, -0.2) is 20.2 Å². The Hall–Kier alpha value is -2.23. The van der Waals surface area contributed by atoms with Crippen molar-refractivity contribution in [1.29, 1.82) is 0 Å². The Morgan fingerprint density at radius 3 is 2.74 bits per heavy atom. The molecule has 4 heteroatoms. The lowest BCUT2D eigenvalue weighted by atomic mass is 10.1. The van der Waals surface area contributed by atoms with E-state index in [0.717, 1.165) is 40.2 Å². The second kappa shape index (κ2) is 4.46. The number of aromatic amines is 1. The van der Waals surface area contributed by atoms with Gasteiger partial charge in [0.2, 0.25) is 0 Å². The zero-order valence-corrected chi connectivity index (χ0v) is 11.4. The first-order valence-corrected chi connectivity index (χ1v) is 6.48. The molecule has 0 amide bonds. The number of nitrogens with one attached hydrogen (secondary N) is 1. The molecule has 0 atom stereocenters. The van der Waals surface area contributed by atoms with E-state index in [1.165, 1.54) is 5.56 Å². The van der Waals surface area contributed by atoms with Crippen molar-refractivity contribution in [2.45, 2.75) is 27.2 Å². The van der Waals surface area contributed by atoms with Crippen LogP contribution in [0.25, 0.3) is 22.4 Å². The average molecular weight is 252 g/mol. The third-order valence-electron chi connectivity index (χ3n) is 3.30. The Kier molecular flexibility index (Phi) is 2.78. The van der Waals surface area contributed by atoms with Crippen molar-refractivity contribution >= 4 is 11.0 Å². The number of hydrogen-bond donors (Lipinski definition) is 1. The molecule has 0 aliphatic rings. The molecule has 0 aliphatic heterocycles. The van der Waals surface area contributed by atoms with E-state index in [0.29, 0.717) is 0 Å². The minimum Gasteiger partial charge on any atom is -0.338 e. The van der Waals surface area contributed by atoms with Gasteiger partial charge >= 0.3 is 0 Å². The van der Waals surface area contributed by atoms with Crippen LogP contribution in [0.4, 0.5) is 0 Å². The summed E-state index contributed by atoms with van der Waals surface area (Å²) in [6, 6.07) is 8.20. The first-order chi connectivity index (χ1) is 9.19. The summed E-state index contributed by atoms with van der Waals surface area (Å²) in [4.78, 5) is 8.08. The highest BCUT2D eigenvalue weighted by Crippen LogP contribution is 2.24. The van der Waals surface area contributed by atoms with Crippen LogP contribution in [0.5, 0.6) is 0 Å². The van der Waals surface area contributed by atoms with E-state index in [9.17, 15) is 0 Å². The fourth-order valence-electron chi connectivity index (χ4n) is 2.28. The van der Waals surface area contributed by atoms with Gasteiger partial charge in [0.15, 0.2) is 0 Å². The molecule has 0 saturated carbocycles. The van der Waals surface area contributed by atoms with Gasteiger partial charge in [-0.3, -0.25) is 0 Å². The van der Waals surface area contributed by atoms with Gasteiger partial charge in [0, 0.05) is 5.56 Å². The second-order valence-electron chi connectivity index (χ2n) is 4.76. The van der Waals surface area contributed by atoms with Gasteiger partial charge in [-0.25, -0.2) is 4.98 Å². The predicted octanol–water partition coefficient (Wildman–Crippen LogP) is 3.20. The number of aryl methyl sites for hydroxylation is 3. The normalized spacial score (nSPS) is 11.1. The summed E-state index contributed by atoms with van der Waals surface area (Å²) < 4.78 is 0. The smallest absolute Gasteiger partial charge is 0.140 e. The molecule has 0 unspecified atom stereocenters. The summed E-state index contributed by atoms with van der Waals surface area (Å²) in [5.41, 5.74) is 6.19. The number of nitrogens with zero attached hydrogens (tertiary/aromatic N) is 3. The third kappa shape index (κ3) is 1.99. The van der Waals surface area contributed by atoms with Crippen LogP contribution >= 0.6 is 0 Å². The largest absolute Gasteiger partial charge is 0.338 e. The molecule has 2 aromatic heterocycles. The predicted molar refractivity (Wildman–Crippen MR) is 76.0 cm³/mol. The van der Waals surface area contributed by atoms with Crippen LogP contribution in [-0.2, 0) is 6.42 Å². The molecule has 96 valence electrons. The Morgan fingerprint density at radius 2 is 2.00 bits per heavy atom. The summed E-state index contributed by atoms with van der Waals surface area (Å²) in [6.45, 7) is 6.10. The molecule has 3 aromatic rings. The number of rotatable bonds is 2. The Labute approximate surface area is 111 Å². The maximum absolute atomic E-state index is 4.71. The van der Waals surface area contributed by atoms with Gasteiger partial charge in [0.25, 0.3) is 0 Å². The summed E-state index contributed by atoms with van der Waals surface area (Å²) in [6.07, 6.45) is 0.846. The van der Waals surface area contributed by atoms with Crippen molar-refractivity contribution in [3.05, 3.63) is 41.2 Å². The Morgan fingerprint density at radius 1 is 1.16 bits per heavy atom. The van der Waals surface area contributed by atoms with E-state index in [-0.39, 0.29) is 0 Å². The van der Waals surface area contributed by atoms with E-state index in [4.69, 9.17) is 4.98 Å². The molecule has 0 bridgehead atoms. The van der Waals surface area contributed by atoms with Gasteiger partial charge in [-0.2, -0.15) is 10.2 Å². The second-order valence-corrected chi connectivity index (χ2v) is 4.76. The number of aromatic nitrogens is 4. The minimum atomic E-state index is 0.846. The van der Waals surface area contributed by atoms with Crippen molar-refractivity contribution in [1.82, 2.24) is 20.2 Å². The molecular weight excluding hydrogens is 236 g/mol. The van der Waals surface area contributed by atoms with Crippen molar-refractivity contribution in [3.8, 4) is 11.4 Å². The zero-order chi connectivity index (χ0) is 13.4. The Bertz CT molecular complexity index is 743. The molecule has 2 heterocycles. The van der Waals surface area contributed by atoms with E-state index < -0.39 is 0 Å². The number of hydrogen-bond acceptors (Lipinski definition) is 3. The fourth-order valence-corrected chi connectivity index (χ4v) is 2.28. The molecule has 0 fully saturated rings. The fraction of sp³-hybridized carbons (Fsp3) is 0.267. The number of para-hydroxylation sites is 1. The maximum Gasteiger partial charge on any atom is 0.140 e. The molecule has 0 spiro atoms. The highest BCUT2D eigenvalue weighted by atomic mass is 15.1. The standard InChI is InChI=1S/C15H16N4/c1-4-12-11(8-10(3)18-19-12)15-16-13-7-5-6-9(2)14(13)17-15/h5-8H,4H2,1-3H3,(H,16,17). The van der Waals surface area contributed by atoms with Gasteiger partial charge in [0.1, 0.15) is 5.82 Å². The first-order valence-electron chi connectivity index (χ1n) is 6.48. The number of imidazole rings is 1. The van der Waals surface area contributed by atoms with Crippen LogP contribution < -0.4 is 0 Å². The summed E-state index contributed by atoms with van der Waals surface area (Å²) in [7, 11) is 0. The quantitative estimate of drug-likeness (QED) is 0.762. The van der Waals surface area contributed by atoms with Crippen molar-refractivity contribution in [3.63, 3.8) is 0 Å². The van der Waals surface area contributed by atoms with Crippen molar-refractivity contribution in [2.75, 3.05) is 0 Å². The number of fused-ring (bicyclic) bond motifs is 1. The third-order valence-corrected chi connectivity index (χ3v) is 3.30. The molecule has 0 saturated heterocycles. The molecule has 0 radical (unpaired) electrons. The van der Waals surface area contributed by atoms with Gasteiger partial charge in [-0.15, -0.1) is 0 Å². The minimum absolute atomic E-state index is 0.846. The first kappa shape index (κ1) is 11.8. The summed E-state index contributed by atoms with van der Waals surface area (Å²) >= 11 is 0. The van der Waals surface area contributed by atoms with E-state index in [2.05, 4.69) is 35.1 Å². The molecular formula is C15H16N4. The van der Waals surface area contributed by atoms with Crippen LogP contribution in [0.1, 0.15) is 23.9 Å². The highest BCUT2D eigenvalue weighted by molar-refractivity contribution is 5.82. The van der Waals surface area contributed by atoms with Crippen molar-refractivity contribution in [2.24, 2.45) is 0 Å². The van der Waals surface area contributed by atoms with E-state index in [1.54, 1.807) is 0 Å². The van der Waals surface area contributed by atoms with Gasteiger partial charge < -0.3 is 4.98 Å². The maximum atomic E-state index is 4.71. The zero-order valence-electron chi connectivity index (χ0n) is 11.4. The van der Waals surface area contributed by atoms with Gasteiger partial charge in [-0.1, -0.05) is 19.1 Å². The monoisotopic (exact) mass is 252 g/mol. The lowest BCUT2D eigenvalue weighted by Gasteiger charge is -2.03. The molecule has 0 aliphatic carbocycles. The average Bonchev–Trinajstić information content (AvgIpc) is 2.84. The molecule has 3 rings (SSSR count). The van der Waals surface area contributed by atoms with Gasteiger partial charge in [-0.05, 0) is 38.0 Å². The van der Waals surface area contributed by atoms with Crippen molar-refractivity contribution < 1.29 is 0 Å². The molecule has 1 N–H and O–H groups in total. The Balaban J connectivity index is 2.24. The lowest BCUT2D eigenvalue weighted by molar-refractivity contribution is 0.893. The van der Waals surface area contributed by atoms with E-state index in [1.807, 2.05) is 25.1 Å². The van der Waals surface area contributed by atoms with Crippen LogP contribution in [0.2, 0.25) is 0 Å². The molecule has 1 aromatic carbocycles. The molecule has 19 heavy (non-hydrogen) atoms. The van der Waals surface area contributed by atoms with Gasteiger partial charge in [0.05, 0.1) is 22.4 Å². The highest BCUT2D eigenvalue weighted by Gasteiger charge is 2.12. The summed E-state index contributed by atoms with van der Waals surface area (Å²) in [5.74, 6) is 0.874. The van der Waals surface area contributed by atoms with E-state index >= 15 is 0 Å². The lowest BCUT2D eigenvalue weighted by Crippen LogP contribution is -1.98. The summed E-state index contributed by atoms with van der Waals surface area (Å²) in [5, 5.41) is 8.37. The topological polar surface area (TPSA) is 54.5 Å². The molecule has 4 nitrogen and oxygen atoms in total. The van der Waals surface area contributed by atoms with Crippen LogP contribution in [0.15, 0.2) is 24.3 Å². The SMILES string of the molecule is CCc1nnc(C)cc1-c1nc2c(C)cccc2[nH]1.